The van der Waals surface area contributed by atoms with Crippen molar-refractivity contribution in [1.29, 1.82) is 0 Å². The Morgan fingerprint density at radius 2 is 2.54 bits per heavy atom. The van der Waals surface area contributed by atoms with Gasteiger partial charge in [0.25, 0.3) is 5.91 Å². The molecule has 0 aliphatic heterocycles. The first-order valence-electron chi connectivity index (χ1n) is 3.72. The van der Waals surface area contributed by atoms with Gasteiger partial charge in [-0.3, -0.25) is 9.78 Å². The van der Waals surface area contributed by atoms with Crippen LogP contribution in [0.4, 0.5) is 0 Å². The van der Waals surface area contributed by atoms with Gasteiger partial charge in [-0.25, -0.2) is 0 Å². The number of amides is 1. The van der Waals surface area contributed by atoms with Gasteiger partial charge in [-0.15, -0.1) is 22.9 Å². The van der Waals surface area contributed by atoms with E-state index in [9.17, 15) is 4.79 Å². The summed E-state index contributed by atoms with van der Waals surface area (Å²) in [6, 6.07) is 0. The second-order valence-electron chi connectivity index (χ2n) is 2.20. The van der Waals surface area contributed by atoms with Gasteiger partial charge >= 0.3 is 0 Å². The molecule has 1 heterocycles. The van der Waals surface area contributed by atoms with Crippen LogP contribution in [0.1, 0.15) is 9.67 Å². The summed E-state index contributed by atoms with van der Waals surface area (Å²) in [5, 5.41) is 2.71. The van der Waals surface area contributed by atoms with Crippen LogP contribution >= 0.6 is 22.9 Å². The normalized spacial score (nSPS) is 10.5. The zero-order chi connectivity index (χ0) is 9.52. The maximum Gasteiger partial charge on any atom is 0.263 e. The molecule has 3 nitrogen and oxygen atoms in total. The quantitative estimate of drug-likeness (QED) is 0.615. The molecule has 0 saturated heterocycles. The van der Waals surface area contributed by atoms with E-state index in [-0.39, 0.29) is 5.91 Å². The molecule has 13 heavy (non-hydrogen) atoms. The van der Waals surface area contributed by atoms with Crippen LogP contribution in [0.2, 0.25) is 0 Å². The minimum absolute atomic E-state index is 0.0956. The van der Waals surface area contributed by atoms with Crippen molar-refractivity contribution in [3.8, 4) is 0 Å². The Kier molecular flexibility index (Phi) is 4.49. The molecular formula is C8H9ClN2OS. The minimum atomic E-state index is -0.0956. The summed E-state index contributed by atoms with van der Waals surface area (Å²) >= 11 is 6.73. The van der Waals surface area contributed by atoms with E-state index < -0.39 is 0 Å². The fourth-order valence-corrected chi connectivity index (χ4v) is 1.38. The predicted molar refractivity (Wildman–Crippen MR) is 54.3 cm³/mol. The van der Waals surface area contributed by atoms with E-state index in [2.05, 4.69) is 10.3 Å². The molecule has 0 aliphatic carbocycles. The molecule has 5 heteroatoms. The monoisotopic (exact) mass is 216 g/mol. The molecule has 0 aromatic carbocycles. The van der Waals surface area contributed by atoms with Crippen LogP contribution in [0.25, 0.3) is 0 Å². The number of rotatable bonds is 4. The maximum atomic E-state index is 11.3. The average molecular weight is 217 g/mol. The van der Waals surface area contributed by atoms with Gasteiger partial charge in [-0.2, -0.15) is 0 Å². The summed E-state index contributed by atoms with van der Waals surface area (Å²) < 4.78 is 0. The van der Waals surface area contributed by atoms with Gasteiger partial charge in [0.15, 0.2) is 0 Å². The second-order valence-corrected chi connectivity index (χ2v) is 3.40. The van der Waals surface area contributed by atoms with Gasteiger partial charge in [0.2, 0.25) is 0 Å². The Morgan fingerprint density at radius 3 is 3.15 bits per heavy atom. The van der Waals surface area contributed by atoms with Crippen LogP contribution < -0.4 is 5.32 Å². The number of aromatic nitrogens is 1. The summed E-state index contributed by atoms with van der Waals surface area (Å²) in [5.74, 6) is 0.373. The number of hydrogen-bond donors (Lipinski definition) is 1. The number of allylic oxidation sites excluding steroid dienone is 1. The Morgan fingerprint density at radius 1 is 1.69 bits per heavy atom. The zero-order valence-corrected chi connectivity index (χ0v) is 8.44. The molecule has 0 bridgehead atoms. The lowest BCUT2D eigenvalue weighted by atomic mass is 10.4. The number of nitrogens with one attached hydrogen (secondary N) is 1. The molecule has 1 amide bonds. The first-order chi connectivity index (χ1) is 6.34. The first kappa shape index (κ1) is 10.2. The molecule has 0 aliphatic rings. The van der Waals surface area contributed by atoms with E-state index in [0.29, 0.717) is 17.3 Å². The van der Waals surface area contributed by atoms with Crippen molar-refractivity contribution in [2.24, 2.45) is 0 Å². The molecule has 0 spiro atoms. The van der Waals surface area contributed by atoms with Crippen molar-refractivity contribution in [3.63, 3.8) is 0 Å². The maximum absolute atomic E-state index is 11.3. The summed E-state index contributed by atoms with van der Waals surface area (Å²) in [6.07, 6.45) is 5.14. The highest BCUT2D eigenvalue weighted by atomic mass is 35.5. The Hall–Kier alpha value is -0.870. The fraction of sp³-hybridized carbons (Fsp3) is 0.250. The SMILES string of the molecule is O=C(NC/C=C/CCl)c1cncs1. The summed E-state index contributed by atoms with van der Waals surface area (Å²) in [4.78, 5) is 15.7. The topological polar surface area (TPSA) is 42.0 Å². The van der Waals surface area contributed by atoms with Crippen LogP contribution in [0.15, 0.2) is 23.9 Å². The molecule has 1 rings (SSSR count). The number of hydrogen-bond acceptors (Lipinski definition) is 3. The van der Waals surface area contributed by atoms with E-state index >= 15 is 0 Å². The number of carbonyl (C=O) groups excluding carboxylic acids is 1. The van der Waals surface area contributed by atoms with Gasteiger partial charge in [-0.1, -0.05) is 12.2 Å². The van der Waals surface area contributed by atoms with E-state index in [1.165, 1.54) is 11.3 Å². The van der Waals surface area contributed by atoms with Crippen molar-refractivity contribution in [1.82, 2.24) is 10.3 Å². The molecule has 0 radical (unpaired) electrons. The van der Waals surface area contributed by atoms with Crippen molar-refractivity contribution >= 4 is 28.8 Å². The van der Waals surface area contributed by atoms with Crippen LogP contribution in [-0.2, 0) is 0 Å². The molecule has 0 fully saturated rings. The van der Waals surface area contributed by atoms with Crippen molar-refractivity contribution in [2.45, 2.75) is 0 Å². The average Bonchev–Trinajstić information content (AvgIpc) is 2.65. The first-order valence-corrected chi connectivity index (χ1v) is 5.13. The highest BCUT2D eigenvalue weighted by molar-refractivity contribution is 7.11. The van der Waals surface area contributed by atoms with E-state index in [4.69, 9.17) is 11.6 Å². The van der Waals surface area contributed by atoms with E-state index in [1.807, 2.05) is 6.08 Å². The van der Waals surface area contributed by atoms with Crippen molar-refractivity contribution < 1.29 is 4.79 Å². The third-order valence-corrected chi connectivity index (χ3v) is 2.24. The lowest BCUT2D eigenvalue weighted by Gasteiger charge is -1.96. The molecule has 70 valence electrons. The molecule has 0 atom stereocenters. The van der Waals surface area contributed by atoms with Crippen LogP contribution in [0.5, 0.6) is 0 Å². The van der Waals surface area contributed by atoms with Gasteiger partial charge < -0.3 is 5.32 Å². The Balaban J connectivity index is 2.31. The Bertz CT molecular complexity index is 284. The lowest BCUT2D eigenvalue weighted by Crippen LogP contribution is -2.22. The third kappa shape index (κ3) is 3.57. The lowest BCUT2D eigenvalue weighted by molar-refractivity contribution is 0.0962. The van der Waals surface area contributed by atoms with E-state index in [0.717, 1.165) is 0 Å². The fourth-order valence-electron chi connectivity index (χ4n) is 0.713. The number of nitrogens with zero attached hydrogens (tertiary/aromatic N) is 1. The highest BCUT2D eigenvalue weighted by Gasteiger charge is 2.03. The van der Waals surface area contributed by atoms with Gasteiger partial charge in [0.1, 0.15) is 4.88 Å². The van der Waals surface area contributed by atoms with Gasteiger partial charge in [-0.05, 0) is 0 Å². The predicted octanol–water partition coefficient (Wildman–Crippen LogP) is 1.67. The zero-order valence-electron chi connectivity index (χ0n) is 6.87. The number of alkyl halides is 1. The Labute approximate surface area is 85.4 Å². The van der Waals surface area contributed by atoms with E-state index in [1.54, 1.807) is 17.8 Å². The van der Waals surface area contributed by atoms with Crippen molar-refractivity contribution in [3.05, 3.63) is 28.7 Å². The summed E-state index contributed by atoms with van der Waals surface area (Å²) in [6.45, 7) is 0.503. The number of halogens is 1. The molecule has 0 saturated carbocycles. The third-order valence-electron chi connectivity index (χ3n) is 1.29. The van der Waals surface area contributed by atoms with Gasteiger partial charge in [0.05, 0.1) is 11.7 Å². The second kappa shape index (κ2) is 5.72. The smallest absolute Gasteiger partial charge is 0.263 e. The molecule has 1 aromatic heterocycles. The highest BCUT2D eigenvalue weighted by Crippen LogP contribution is 2.03. The van der Waals surface area contributed by atoms with Crippen LogP contribution in [-0.4, -0.2) is 23.3 Å². The summed E-state index contributed by atoms with van der Waals surface area (Å²) in [7, 11) is 0. The van der Waals surface area contributed by atoms with Crippen LogP contribution in [0.3, 0.4) is 0 Å². The van der Waals surface area contributed by atoms with Crippen molar-refractivity contribution in [2.75, 3.05) is 12.4 Å². The standard InChI is InChI=1S/C8H9ClN2OS/c9-3-1-2-4-11-8(12)7-5-10-6-13-7/h1-2,5-6H,3-4H2,(H,11,12)/b2-1+. The molecular weight excluding hydrogens is 208 g/mol. The molecule has 1 N–H and O–H groups in total. The summed E-state index contributed by atoms with van der Waals surface area (Å²) in [5.41, 5.74) is 1.63. The van der Waals surface area contributed by atoms with Gasteiger partial charge in [0, 0.05) is 12.4 Å². The minimum Gasteiger partial charge on any atom is -0.348 e. The number of thiazole rings is 1. The van der Waals surface area contributed by atoms with Crippen LogP contribution in [0, 0.1) is 0 Å². The number of carbonyl (C=O) groups is 1. The largest absolute Gasteiger partial charge is 0.348 e. The molecule has 1 aromatic rings. The molecule has 0 unspecified atom stereocenters.